The zero-order valence-electron chi connectivity index (χ0n) is 11.3. The topological polar surface area (TPSA) is 53.3 Å². The van der Waals surface area contributed by atoms with Gasteiger partial charge < -0.3 is 15.1 Å². The molecule has 0 bridgehead atoms. The van der Waals surface area contributed by atoms with E-state index >= 15 is 0 Å². The minimum atomic E-state index is 0.668. The van der Waals surface area contributed by atoms with E-state index in [4.69, 9.17) is 4.42 Å². The van der Waals surface area contributed by atoms with Gasteiger partial charge in [-0.3, -0.25) is 4.90 Å². The van der Waals surface area contributed by atoms with Crippen LogP contribution in [0.3, 0.4) is 0 Å². The van der Waals surface area contributed by atoms with E-state index < -0.39 is 0 Å². The SMILES string of the molecule is CNCc1nc2cc(CN3CCNCC3)ccc2o1. The summed E-state index contributed by atoms with van der Waals surface area (Å²) in [6, 6.07) is 6.30. The maximum Gasteiger partial charge on any atom is 0.209 e. The van der Waals surface area contributed by atoms with Gasteiger partial charge in [0.05, 0.1) is 6.54 Å². The molecule has 1 aromatic heterocycles. The summed E-state index contributed by atoms with van der Waals surface area (Å²) in [4.78, 5) is 6.96. The summed E-state index contributed by atoms with van der Waals surface area (Å²) in [5.74, 6) is 0.747. The molecule has 0 spiro atoms. The minimum Gasteiger partial charge on any atom is -0.439 e. The molecule has 102 valence electrons. The van der Waals surface area contributed by atoms with Crippen molar-refractivity contribution in [1.29, 1.82) is 0 Å². The van der Waals surface area contributed by atoms with Crippen LogP contribution in [0.15, 0.2) is 22.6 Å². The normalized spacial score (nSPS) is 17.1. The first-order valence-corrected chi connectivity index (χ1v) is 6.81. The third-order valence-electron chi connectivity index (χ3n) is 3.44. The third-order valence-corrected chi connectivity index (χ3v) is 3.44. The largest absolute Gasteiger partial charge is 0.439 e. The van der Waals surface area contributed by atoms with E-state index in [1.165, 1.54) is 5.56 Å². The second-order valence-electron chi connectivity index (χ2n) is 4.97. The molecule has 2 heterocycles. The van der Waals surface area contributed by atoms with Crippen LogP contribution in [-0.4, -0.2) is 43.1 Å². The molecule has 2 aromatic rings. The van der Waals surface area contributed by atoms with E-state index in [1.54, 1.807) is 0 Å². The lowest BCUT2D eigenvalue weighted by molar-refractivity contribution is 0.233. The number of nitrogens with zero attached hydrogens (tertiary/aromatic N) is 2. The van der Waals surface area contributed by atoms with E-state index in [0.717, 1.165) is 49.7 Å². The number of oxazole rings is 1. The van der Waals surface area contributed by atoms with Crippen LogP contribution in [0, 0.1) is 0 Å². The van der Waals surface area contributed by atoms with E-state index in [0.29, 0.717) is 6.54 Å². The quantitative estimate of drug-likeness (QED) is 0.857. The average molecular weight is 260 g/mol. The fourth-order valence-corrected chi connectivity index (χ4v) is 2.47. The minimum absolute atomic E-state index is 0.668. The number of aromatic nitrogens is 1. The molecule has 0 radical (unpaired) electrons. The highest BCUT2D eigenvalue weighted by Crippen LogP contribution is 2.18. The van der Waals surface area contributed by atoms with Crippen LogP contribution < -0.4 is 10.6 Å². The Morgan fingerprint density at radius 2 is 2.21 bits per heavy atom. The molecule has 0 amide bonds. The number of rotatable bonds is 4. The molecule has 0 aliphatic carbocycles. The van der Waals surface area contributed by atoms with Gasteiger partial charge in [-0.1, -0.05) is 6.07 Å². The van der Waals surface area contributed by atoms with Crippen molar-refractivity contribution in [3.8, 4) is 0 Å². The fourth-order valence-electron chi connectivity index (χ4n) is 2.47. The van der Waals surface area contributed by atoms with Gasteiger partial charge in [-0.15, -0.1) is 0 Å². The van der Waals surface area contributed by atoms with E-state index in [-0.39, 0.29) is 0 Å². The Morgan fingerprint density at radius 3 is 3.00 bits per heavy atom. The third kappa shape index (κ3) is 2.94. The van der Waals surface area contributed by atoms with Crippen molar-refractivity contribution in [3.05, 3.63) is 29.7 Å². The van der Waals surface area contributed by atoms with Crippen molar-refractivity contribution in [1.82, 2.24) is 20.5 Å². The van der Waals surface area contributed by atoms with Crippen LogP contribution in [0.1, 0.15) is 11.5 Å². The number of fused-ring (bicyclic) bond motifs is 1. The van der Waals surface area contributed by atoms with Crippen LogP contribution in [-0.2, 0) is 13.1 Å². The highest BCUT2D eigenvalue weighted by atomic mass is 16.3. The Bertz CT molecular complexity index is 545. The van der Waals surface area contributed by atoms with Gasteiger partial charge in [0.15, 0.2) is 5.58 Å². The maximum absolute atomic E-state index is 5.66. The summed E-state index contributed by atoms with van der Waals surface area (Å²) in [5.41, 5.74) is 3.13. The van der Waals surface area contributed by atoms with E-state index in [2.05, 4.69) is 32.7 Å². The van der Waals surface area contributed by atoms with Gasteiger partial charge in [-0.2, -0.15) is 0 Å². The molecule has 0 atom stereocenters. The van der Waals surface area contributed by atoms with Crippen molar-refractivity contribution in [2.45, 2.75) is 13.1 Å². The highest BCUT2D eigenvalue weighted by Gasteiger charge is 2.11. The van der Waals surface area contributed by atoms with Crippen LogP contribution >= 0.6 is 0 Å². The monoisotopic (exact) mass is 260 g/mol. The molecule has 5 nitrogen and oxygen atoms in total. The molecule has 1 aromatic carbocycles. The second-order valence-corrected chi connectivity index (χ2v) is 4.97. The van der Waals surface area contributed by atoms with Crippen molar-refractivity contribution in [2.75, 3.05) is 33.2 Å². The Hall–Kier alpha value is -1.43. The summed E-state index contributed by atoms with van der Waals surface area (Å²) in [6.45, 7) is 6.05. The molecule has 1 fully saturated rings. The number of benzene rings is 1. The molecule has 0 unspecified atom stereocenters. The highest BCUT2D eigenvalue weighted by molar-refractivity contribution is 5.73. The first-order chi connectivity index (χ1) is 9.35. The van der Waals surface area contributed by atoms with Gasteiger partial charge in [-0.05, 0) is 24.7 Å². The number of hydrogen-bond donors (Lipinski definition) is 2. The molecule has 5 heteroatoms. The predicted octanol–water partition coefficient (Wildman–Crippen LogP) is 0.952. The standard InChI is InChI=1S/C14H20N4O/c1-15-9-14-17-12-8-11(2-3-13(12)19-14)10-18-6-4-16-5-7-18/h2-3,8,15-16H,4-7,9-10H2,1H3. The first kappa shape index (κ1) is 12.6. The summed E-state index contributed by atoms with van der Waals surface area (Å²) in [7, 11) is 1.89. The predicted molar refractivity (Wildman–Crippen MR) is 74.9 cm³/mol. The Kier molecular flexibility index (Phi) is 3.77. The number of nitrogens with one attached hydrogen (secondary N) is 2. The van der Waals surface area contributed by atoms with Crippen LogP contribution in [0.5, 0.6) is 0 Å². The maximum atomic E-state index is 5.66. The van der Waals surface area contributed by atoms with Crippen molar-refractivity contribution in [2.24, 2.45) is 0 Å². The molecule has 2 N–H and O–H groups in total. The van der Waals surface area contributed by atoms with Gasteiger partial charge in [0.25, 0.3) is 0 Å². The Balaban J connectivity index is 1.76. The molecular weight excluding hydrogens is 240 g/mol. The van der Waals surface area contributed by atoms with Gasteiger partial charge in [0.1, 0.15) is 5.52 Å². The zero-order valence-corrected chi connectivity index (χ0v) is 11.3. The Labute approximate surface area is 113 Å². The van der Waals surface area contributed by atoms with Crippen LogP contribution in [0.2, 0.25) is 0 Å². The molecule has 0 saturated carbocycles. The lowest BCUT2D eigenvalue weighted by Crippen LogP contribution is -2.42. The van der Waals surface area contributed by atoms with Gasteiger partial charge >= 0.3 is 0 Å². The lowest BCUT2D eigenvalue weighted by atomic mass is 10.2. The van der Waals surface area contributed by atoms with E-state index in [1.807, 2.05) is 13.1 Å². The molecule has 1 aliphatic rings. The molecule has 19 heavy (non-hydrogen) atoms. The molecule has 3 rings (SSSR count). The first-order valence-electron chi connectivity index (χ1n) is 6.81. The van der Waals surface area contributed by atoms with Crippen molar-refractivity contribution < 1.29 is 4.42 Å². The van der Waals surface area contributed by atoms with Crippen LogP contribution in [0.25, 0.3) is 11.1 Å². The van der Waals surface area contributed by atoms with Gasteiger partial charge in [-0.25, -0.2) is 4.98 Å². The zero-order chi connectivity index (χ0) is 13.1. The lowest BCUT2D eigenvalue weighted by Gasteiger charge is -2.27. The second kappa shape index (κ2) is 5.69. The smallest absolute Gasteiger partial charge is 0.209 e. The Morgan fingerprint density at radius 1 is 1.37 bits per heavy atom. The van der Waals surface area contributed by atoms with Gasteiger partial charge in [0.2, 0.25) is 5.89 Å². The van der Waals surface area contributed by atoms with E-state index in [9.17, 15) is 0 Å². The fraction of sp³-hybridized carbons (Fsp3) is 0.500. The van der Waals surface area contributed by atoms with Crippen molar-refractivity contribution >= 4 is 11.1 Å². The number of piperazine rings is 1. The molecular formula is C14H20N4O. The summed E-state index contributed by atoms with van der Waals surface area (Å²) in [6.07, 6.45) is 0. The molecule has 1 saturated heterocycles. The number of hydrogen-bond acceptors (Lipinski definition) is 5. The van der Waals surface area contributed by atoms with Crippen LogP contribution in [0.4, 0.5) is 0 Å². The molecule has 1 aliphatic heterocycles. The summed E-state index contributed by atoms with van der Waals surface area (Å²) < 4.78 is 5.66. The summed E-state index contributed by atoms with van der Waals surface area (Å²) in [5, 5.41) is 6.43. The van der Waals surface area contributed by atoms with Gasteiger partial charge in [0, 0.05) is 32.7 Å². The average Bonchev–Trinajstić information content (AvgIpc) is 2.82. The summed E-state index contributed by atoms with van der Waals surface area (Å²) >= 11 is 0. The van der Waals surface area contributed by atoms with Crippen molar-refractivity contribution in [3.63, 3.8) is 0 Å².